The molecular weight excluding hydrogens is 289 g/mol. The molecule has 1 aromatic rings. The Morgan fingerprint density at radius 2 is 2.20 bits per heavy atom. The Morgan fingerprint density at radius 1 is 1.40 bits per heavy atom. The summed E-state index contributed by atoms with van der Waals surface area (Å²) in [6.45, 7) is 2.87. The number of hydrogen-bond donors (Lipinski definition) is 0. The summed E-state index contributed by atoms with van der Waals surface area (Å²) in [5.41, 5.74) is 0.131. The third-order valence-corrected chi connectivity index (χ3v) is 4.69. The van der Waals surface area contributed by atoms with E-state index in [-0.39, 0.29) is 5.41 Å². The lowest BCUT2D eigenvalue weighted by Crippen LogP contribution is -2.28. The molecule has 0 spiro atoms. The van der Waals surface area contributed by atoms with E-state index in [9.17, 15) is 13.2 Å². The number of aromatic nitrogens is 1. The highest BCUT2D eigenvalue weighted by Gasteiger charge is 2.61. The van der Waals surface area contributed by atoms with Crippen LogP contribution in [0.15, 0.2) is 18.3 Å². The van der Waals surface area contributed by atoms with Crippen molar-refractivity contribution in [2.45, 2.75) is 24.4 Å². The Hall–Kier alpha value is -0.810. The lowest BCUT2D eigenvalue weighted by atomic mass is 10.00. The Morgan fingerprint density at radius 3 is 2.80 bits per heavy atom. The first-order chi connectivity index (χ1) is 9.45. The van der Waals surface area contributed by atoms with E-state index < -0.39 is 11.7 Å². The molecule has 1 saturated carbocycles. The van der Waals surface area contributed by atoms with Gasteiger partial charge in [-0.2, -0.15) is 13.2 Å². The molecule has 6 heteroatoms. The van der Waals surface area contributed by atoms with Crippen LogP contribution in [0.4, 0.5) is 13.2 Å². The molecule has 2 aliphatic rings. The SMILES string of the molecule is FC(F)(F)c1ccc([C@]23C[C@H]2CN(CCCCl)C3)nc1. The molecule has 0 aromatic carbocycles. The van der Waals surface area contributed by atoms with Crippen molar-refractivity contribution in [3.63, 3.8) is 0 Å². The van der Waals surface area contributed by atoms with Crippen LogP contribution in [-0.2, 0) is 11.6 Å². The van der Waals surface area contributed by atoms with Gasteiger partial charge in [-0.3, -0.25) is 4.98 Å². The molecule has 2 fully saturated rings. The molecule has 2 atom stereocenters. The monoisotopic (exact) mass is 304 g/mol. The molecule has 0 bridgehead atoms. The molecule has 20 heavy (non-hydrogen) atoms. The summed E-state index contributed by atoms with van der Waals surface area (Å²) in [6.07, 6.45) is -1.36. The van der Waals surface area contributed by atoms with Crippen LogP contribution >= 0.6 is 11.6 Å². The van der Waals surface area contributed by atoms with Gasteiger partial charge >= 0.3 is 6.18 Å². The van der Waals surface area contributed by atoms with Gasteiger partial charge in [0, 0.05) is 36.3 Å². The highest BCUT2D eigenvalue weighted by atomic mass is 35.5. The van der Waals surface area contributed by atoms with Gasteiger partial charge in [-0.15, -0.1) is 11.6 Å². The van der Waals surface area contributed by atoms with Crippen LogP contribution in [0.2, 0.25) is 0 Å². The van der Waals surface area contributed by atoms with Crippen molar-refractivity contribution in [2.75, 3.05) is 25.5 Å². The van der Waals surface area contributed by atoms with Gasteiger partial charge in [0.15, 0.2) is 0 Å². The van der Waals surface area contributed by atoms with Crippen LogP contribution in [0.5, 0.6) is 0 Å². The van der Waals surface area contributed by atoms with Crippen molar-refractivity contribution in [1.82, 2.24) is 9.88 Å². The van der Waals surface area contributed by atoms with Gasteiger partial charge in [0.1, 0.15) is 0 Å². The molecule has 0 amide bonds. The third kappa shape index (κ3) is 2.42. The standard InChI is InChI=1S/C14H16ClF3N2/c15-4-1-5-20-8-11-6-13(11,9-20)12-3-2-10(7-19-12)14(16,17)18/h2-3,7,11H,1,4-6,8-9H2/t11-,13-/m0/s1. The first kappa shape index (κ1) is 14.1. The molecule has 1 aliphatic carbocycles. The van der Waals surface area contributed by atoms with E-state index in [1.807, 2.05) is 0 Å². The molecule has 0 N–H and O–H groups in total. The van der Waals surface area contributed by atoms with Gasteiger partial charge in [-0.25, -0.2) is 0 Å². The Bertz CT molecular complexity index is 488. The second kappa shape index (κ2) is 4.88. The van der Waals surface area contributed by atoms with Crippen molar-refractivity contribution >= 4 is 11.6 Å². The minimum atomic E-state index is -4.31. The van der Waals surface area contributed by atoms with Gasteiger partial charge < -0.3 is 4.90 Å². The summed E-state index contributed by atoms with van der Waals surface area (Å²) in [4.78, 5) is 6.43. The maximum atomic E-state index is 12.5. The highest BCUT2D eigenvalue weighted by molar-refractivity contribution is 6.17. The summed E-state index contributed by atoms with van der Waals surface area (Å²) in [6, 6.07) is 2.70. The number of alkyl halides is 4. The summed E-state index contributed by atoms with van der Waals surface area (Å²) >= 11 is 5.69. The smallest absolute Gasteiger partial charge is 0.302 e. The molecule has 1 saturated heterocycles. The quantitative estimate of drug-likeness (QED) is 0.794. The molecule has 2 nitrogen and oxygen atoms in total. The largest absolute Gasteiger partial charge is 0.417 e. The van der Waals surface area contributed by atoms with Crippen LogP contribution in [0.3, 0.4) is 0 Å². The predicted molar refractivity (Wildman–Crippen MR) is 70.8 cm³/mol. The lowest BCUT2D eigenvalue weighted by molar-refractivity contribution is -0.137. The van der Waals surface area contributed by atoms with E-state index in [0.717, 1.165) is 50.4 Å². The molecule has 1 aromatic heterocycles. The van der Waals surface area contributed by atoms with Crippen LogP contribution in [0, 0.1) is 5.92 Å². The van der Waals surface area contributed by atoms with Gasteiger partial charge in [0.25, 0.3) is 0 Å². The van der Waals surface area contributed by atoms with E-state index in [2.05, 4.69) is 9.88 Å². The second-order valence-corrected chi connectivity index (χ2v) is 6.14. The van der Waals surface area contributed by atoms with Crippen LogP contribution < -0.4 is 0 Å². The predicted octanol–water partition coefficient (Wildman–Crippen LogP) is 3.30. The average Bonchev–Trinajstić information content (AvgIpc) is 2.99. The average molecular weight is 305 g/mol. The van der Waals surface area contributed by atoms with E-state index in [4.69, 9.17) is 11.6 Å². The zero-order valence-corrected chi connectivity index (χ0v) is 11.7. The number of pyridine rings is 1. The molecule has 2 heterocycles. The number of likely N-dealkylation sites (tertiary alicyclic amines) is 1. The molecule has 3 rings (SSSR count). The lowest BCUT2D eigenvalue weighted by Gasteiger charge is -2.20. The van der Waals surface area contributed by atoms with Crippen LogP contribution in [0.1, 0.15) is 24.1 Å². The van der Waals surface area contributed by atoms with E-state index >= 15 is 0 Å². The number of piperidine rings is 1. The first-order valence-corrected chi connectivity index (χ1v) is 7.31. The number of halogens is 4. The summed E-state index contributed by atoms with van der Waals surface area (Å²) < 4.78 is 37.6. The van der Waals surface area contributed by atoms with Gasteiger partial charge in [0.05, 0.1) is 5.56 Å². The number of hydrogen-bond acceptors (Lipinski definition) is 2. The summed E-state index contributed by atoms with van der Waals surface area (Å²) in [7, 11) is 0. The second-order valence-electron chi connectivity index (χ2n) is 5.76. The van der Waals surface area contributed by atoms with E-state index in [0.29, 0.717) is 11.8 Å². The van der Waals surface area contributed by atoms with Crippen molar-refractivity contribution in [3.8, 4) is 0 Å². The fourth-order valence-corrected chi connectivity index (χ4v) is 3.41. The Labute approximate surface area is 120 Å². The van der Waals surface area contributed by atoms with E-state index in [1.54, 1.807) is 6.07 Å². The molecule has 0 radical (unpaired) electrons. The third-order valence-electron chi connectivity index (χ3n) is 4.43. The van der Waals surface area contributed by atoms with Gasteiger partial charge in [-0.05, 0) is 37.4 Å². The summed E-state index contributed by atoms with van der Waals surface area (Å²) in [5.74, 6) is 1.19. The van der Waals surface area contributed by atoms with Crippen molar-refractivity contribution in [3.05, 3.63) is 29.6 Å². The molecule has 0 unspecified atom stereocenters. The maximum absolute atomic E-state index is 12.5. The van der Waals surface area contributed by atoms with E-state index in [1.165, 1.54) is 0 Å². The Balaban J connectivity index is 1.71. The maximum Gasteiger partial charge on any atom is 0.417 e. The summed E-state index contributed by atoms with van der Waals surface area (Å²) in [5, 5.41) is 0. The topological polar surface area (TPSA) is 16.1 Å². The normalized spacial score (nSPS) is 29.5. The fraction of sp³-hybridized carbons (Fsp3) is 0.643. The number of fused-ring (bicyclic) bond motifs is 1. The zero-order chi connectivity index (χ0) is 14.4. The fourth-order valence-electron chi connectivity index (χ4n) is 3.29. The molecule has 1 aliphatic heterocycles. The van der Waals surface area contributed by atoms with Gasteiger partial charge in [0.2, 0.25) is 0 Å². The zero-order valence-electron chi connectivity index (χ0n) is 11.0. The minimum Gasteiger partial charge on any atom is -0.302 e. The molecule has 110 valence electrons. The minimum absolute atomic E-state index is 0.00353. The van der Waals surface area contributed by atoms with Crippen molar-refractivity contribution in [2.24, 2.45) is 5.92 Å². The molecular formula is C14H16ClF3N2. The van der Waals surface area contributed by atoms with Crippen LogP contribution in [-0.4, -0.2) is 35.4 Å². The number of rotatable bonds is 4. The Kier molecular flexibility index (Phi) is 3.45. The van der Waals surface area contributed by atoms with Crippen LogP contribution in [0.25, 0.3) is 0 Å². The van der Waals surface area contributed by atoms with Gasteiger partial charge in [-0.1, -0.05) is 0 Å². The van der Waals surface area contributed by atoms with Crippen molar-refractivity contribution < 1.29 is 13.2 Å². The number of nitrogens with zero attached hydrogens (tertiary/aromatic N) is 2. The first-order valence-electron chi connectivity index (χ1n) is 6.78. The van der Waals surface area contributed by atoms with Crippen molar-refractivity contribution in [1.29, 1.82) is 0 Å². The highest BCUT2D eigenvalue weighted by Crippen LogP contribution is 2.58.